The molecule has 234 valence electrons. The molecule has 10 atom stereocenters. The number of carbonyl (C=O) groups is 3. The number of fused-ring (bicyclic) bond motifs is 5. The van der Waals surface area contributed by atoms with Crippen molar-refractivity contribution in [2.24, 2.45) is 46.3 Å². The molecule has 10 heteroatoms. The average molecular weight is 595 g/mol. The van der Waals surface area contributed by atoms with Crippen molar-refractivity contribution in [3.8, 4) is 0 Å². The largest absolute Gasteiger partial charge is 0.469 e. The third-order valence-electron chi connectivity index (χ3n) is 12.4. The van der Waals surface area contributed by atoms with Crippen LogP contribution in [0.2, 0.25) is 0 Å². The molecular weight excluding hydrogens is 548 g/mol. The van der Waals surface area contributed by atoms with E-state index in [9.17, 15) is 14.4 Å². The van der Waals surface area contributed by atoms with Crippen molar-refractivity contribution in [3.63, 3.8) is 0 Å². The van der Waals surface area contributed by atoms with Crippen molar-refractivity contribution in [3.05, 3.63) is 37.4 Å². The number of carbonyl (C=O) groups excluding carboxylic acids is 3. The molecular formula is C33H46N4O6. The molecule has 0 aliphatic heterocycles. The number of nitrogens with zero attached hydrogens (tertiary/aromatic N) is 4. The molecule has 0 spiro atoms. The molecule has 2 aromatic rings. The predicted molar refractivity (Wildman–Crippen MR) is 157 cm³/mol. The maximum atomic E-state index is 13.4. The quantitative estimate of drug-likeness (QED) is 0.281. The van der Waals surface area contributed by atoms with Crippen LogP contribution in [0.25, 0.3) is 0 Å². The van der Waals surface area contributed by atoms with Gasteiger partial charge in [-0.1, -0.05) is 20.8 Å². The highest BCUT2D eigenvalue weighted by Crippen LogP contribution is 2.69. The van der Waals surface area contributed by atoms with Gasteiger partial charge in [0.05, 0.1) is 7.11 Å². The van der Waals surface area contributed by atoms with E-state index in [2.05, 4.69) is 30.7 Å². The highest BCUT2D eigenvalue weighted by molar-refractivity contribution is 5.71. The van der Waals surface area contributed by atoms with Gasteiger partial charge in [-0.05, 0) is 98.7 Å². The summed E-state index contributed by atoms with van der Waals surface area (Å²) < 4.78 is 20.2. The summed E-state index contributed by atoms with van der Waals surface area (Å²) in [7, 11) is 1.45. The van der Waals surface area contributed by atoms with E-state index in [1.807, 2.05) is 0 Å². The van der Waals surface area contributed by atoms with Crippen molar-refractivity contribution in [1.82, 2.24) is 19.1 Å². The van der Waals surface area contributed by atoms with Gasteiger partial charge in [0.15, 0.2) is 0 Å². The van der Waals surface area contributed by atoms with E-state index >= 15 is 0 Å². The van der Waals surface area contributed by atoms with Gasteiger partial charge in [-0.25, -0.2) is 28.7 Å². The molecule has 43 heavy (non-hydrogen) atoms. The number of rotatable bonds is 6. The standard InChI is InChI=1S/C33H46N4O6/c1-21(5-10-29(38)41-4)25-8-9-26-24-7-6-22-17-23(42-30(39)36-15-13-34-19-36)11-12-32(22,2)27(24)18-28(33(25,26)3)43-31(40)37-16-14-35-20-37/h13-16,19-28H,5-12,17-18H2,1-4H3/t21-,22-,23-,24+,25-,26+,27+,28+,32+,33-/m1/s1. The zero-order valence-corrected chi connectivity index (χ0v) is 25.9. The zero-order valence-electron chi connectivity index (χ0n) is 25.9. The van der Waals surface area contributed by atoms with E-state index in [0.29, 0.717) is 41.9 Å². The summed E-state index contributed by atoms with van der Waals surface area (Å²) in [6, 6.07) is 0. The molecule has 0 unspecified atom stereocenters. The van der Waals surface area contributed by atoms with Crippen molar-refractivity contribution in [1.29, 1.82) is 0 Å². The van der Waals surface area contributed by atoms with E-state index in [0.717, 1.165) is 57.8 Å². The Morgan fingerprint density at radius 1 is 0.907 bits per heavy atom. The summed E-state index contributed by atoms with van der Waals surface area (Å²) >= 11 is 0. The fraction of sp³-hybridized carbons (Fsp3) is 0.727. The molecule has 4 aliphatic carbocycles. The normalized spacial score (nSPS) is 37.3. The number of ether oxygens (including phenoxy) is 3. The number of hydrogen-bond donors (Lipinski definition) is 0. The van der Waals surface area contributed by atoms with Gasteiger partial charge in [-0.15, -0.1) is 0 Å². The minimum atomic E-state index is -0.374. The fourth-order valence-electron chi connectivity index (χ4n) is 10.2. The van der Waals surface area contributed by atoms with Gasteiger partial charge in [0, 0.05) is 36.6 Å². The topological polar surface area (TPSA) is 115 Å². The third-order valence-corrected chi connectivity index (χ3v) is 12.4. The number of methoxy groups -OCH3 is 1. The molecule has 0 radical (unpaired) electrons. The first-order valence-electron chi connectivity index (χ1n) is 16.1. The number of imidazole rings is 2. The van der Waals surface area contributed by atoms with E-state index in [-0.39, 0.29) is 41.2 Å². The molecule has 0 amide bonds. The summed E-state index contributed by atoms with van der Waals surface area (Å²) in [5, 5.41) is 0. The lowest BCUT2D eigenvalue weighted by atomic mass is 9.43. The van der Waals surface area contributed by atoms with E-state index in [1.54, 1.807) is 24.8 Å². The maximum absolute atomic E-state index is 13.4. The molecule has 0 saturated heterocycles. The second-order valence-corrected chi connectivity index (χ2v) is 14.1. The van der Waals surface area contributed by atoms with Gasteiger partial charge in [0.2, 0.25) is 0 Å². The molecule has 4 saturated carbocycles. The van der Waals surface area contributed by atoms with Crippen molar-refractivity contribution >= 4 is 18.2 Å². The summed E-state index contributed by atoms with van der Waals surface area (Å²) in [6.45, 7) is 7.07. The Labute approximate surface area is 253 Å². The lowest BCUT2D eigenvalue weighted by Gasteiger charge is -2.62. The number of aromatic nitrogens is 4. The van der Waals surface area contributed by atoms with Crippen molar-refractivity contribution in [2.45, 2.75) is 97.2 Å². The Bertz CT molecular complexity index is 1300. The van der Waals surface area contributed by atoms with Crippen LogP contribution in [0.5, 0.6) is 0 Å². The summed E-state index contributed by atoms with van der Waals surface area (Å²) in [5.74, 6) is 2.40. The third kappa shape index (κ3) is 5.29. The van der Waals surface area contributed by atoms with Crippen LogP contribution in [0.15, 0.2) is 37.4 Å². The van der Waals surface area contributed by atoms with Crippen LogP contribution in [0.3, 0.4) is 0 Å². The first-order valence-corrected chi connectivity index (χ1v) is 16.1. The Morgan fingerprint density at radius 3 is 2.26 bits per heavy atom. The molecule has 4 fully saturated rings. The van der Waals surface area contributed by atoms with Crippen LogP contribution in [0.4, 0.5) is 9.59 Å². The molecule has 0 aromatic carbocycles. The van der Waals surface area contributed by atoms with E-state index in [1.165, 1.54) is 28.9 Å². The molecule has 10 nitrogen and oxygen atoms in total. The Balaban J connectivity index is 1.24. The first kappa shape index (κ1) is 29.9. The van der Waals surface area contributed by atoms with Gasteiger partial charge in [0.1, 0.15) is 24.9 Å². The monoisotopic (exact) mass is 594 g/mol. The minimum Gasteiger partial charge on any atom is -0.469 e. The van der Waals surface area contributed by atoms with Gasteiger partial charge >= 0.3 is 18.2 Å². The molecule has 0 bridgehead atoms. The summed E-state index contributed by atoms with van der Waals surface area (Å²) in [4.78, 5) is 46.1. The van der Waals surface area contributed by atoms with Crippen molar-refractivity contribution in [2.75, 3.05) is 7.11 Å². The second kappa shape index (κ2) is 11.7. The number of esters is 1. The minimum absolute atomic E-state index is 0.0937. The number of hydrogen-bond acceptors (Lipinski definition) is 8. The SMILES string of the molecule is COC(=O)CC[C@@H](C)[C@H]1CC[C@H]2[C@@H]3CC[C@@H]4C[C@H](OC(=O)n5ccnc5)CC[C@]4(C)[C@H]3C[C@H](OC(=O)n3ccnc3)[C@]12C. The smallest absolute Gasteiger partial charge is 0.419 e. The van der Waals surface area contributed by atoms with Crippen LogP contribution < -0.4 is 0 Å². The van der Waals surface area contributed by atoms with Crippen LogP contribution in [0, 0.1) is 46.3 Å². The Morgan fingerprint density at radius 2 is 1.60 bits per heavy atom. The van der Waals surface area contributed by atoms with E-state index in [4.69, 9.17) is 14.2 Å². The van der Waals surface area contributed by atoms with Gasteiger partial charge in [0.25, 0.3) is 0 Å². The Kier molecular flexibility index (Phi) is 8.15. The van der Waals surface area contributed by atoms with Gasteiger partial charge in [-0.3, -0.25) is 4.79 Å². The first-order chi connectivity index (χ1) is 20.6. The molecule has 6 rings (SSSR count). The molecule has 0 N–H and O–H groups in total. The maximum Gasteiger partial charge on any atom is 0.419 e. The molecule has 2 aromatic heterocycles. The van der Waals surface area contributed by atoms with Crippen molar-refractivity contribution < 1.29 is 28.6 Å². The Hall–Kier alpha value is -3.17. The highest BCUT2D eigenvalue weighted by atomic mass is 16.6. The van der Waals surface area contributed by atoms with Crippen LogP contribution in [-0.2, 0) is 19.0 Å². The lowest BCUT2D eigenvalue weighted by Crippen LogP contribution is -2.59. The van der Waals surface area contributed by atoms with Gasteiger partial charge in [-0.2, -0.15) is 0 Å². The van der Waals surface area contributed by atoms with E-state index < -0.39 is 0 Å². The molecule has 2 heterocycles. The van der Waals surface area contributed by atoms with Crippen LogP contribution >= 0.6 is 0 Å². The summed E-state index contributed by atoms with van der Waals surface area (Å²) in [5.41, 5.74) is -0.0793. The summed E-state index contributed by atoms with van der Waals surface area (Å²) in [6.07, 6.45) is 17.6. The molecule has 4 aliphatic rings. The highest BCUT2D eigenvalue weighted by Gasteiger charge is 2.65. The predicted octanol–water partition coefficient (Wildman–Crippen LogP) is 6.34. The second-order valence-electron chi connectivity index (χ2n) is 14.1. The van der Waals surface area contributed by atoms with Crippen LogP contribution in [0.1, 0.15) is 85.0 Å². The zero-order chi connectivity index (χ0) is 30.4. The fourth-order valence-corrected chi connectivity index (χ4v) is 10.2. The average Bonchev–Trinajstić information content (AvgIpc) is 3.78. The lowest BCUT2D eigenvalue weighted by molar-refractivity contribution is -0.175. The van der Waals surface area contributed by atoms with Gasteiger partial charge < -0.3 is 14.2 Å². The van der Waals surface area contributed by atoms with Crippen LogP contribution in [-0.4, -0.2) is 56.6 Å².